The van der Waals surface area contributed by atoms with E-state index in [1.807, 2.05) is 17.1 Å². The number of imidazole rings is 1. The summed E-state index contributed by atoms with van der Waals surface area (Å²) in [6.45, 7) is 4.38. The Morgan fingerprint density at radius 1 is 1.56 bits per heavy atom. The monoisotopic (exact) mass is 251 g/mol. The van der Waals surface area contributed by atoms with Crippen molar-refractivity contribution in [3.63, 3.8) is 0 Å². The zero-order chi connectivity index (χ0) is 12.6. The van der Waals surface area contributed by atoms with Gasteiger partial charge in [0.2, 0.25) is 0 Å². The van der Waals surface area contributed by atoms with Crippen LogP contribution in [0.25, 0.3) is 0 Å². The molecule has 100 valence electrons. The van der Waals surface area contributed by atoms with Crippen LogP contribution in [0.4, 0.5) is 0 Å². The number of rotatable bonds is 5. The summed E-state index contributed by atoms with van der Waals surface area (Å²) in [5.74, 6) is 1.46. The van der Waals surface area contributed by atoms with Gasteiger partial charge in [0.15, 0.2) is 5.96 Å². The van der Waals surface area contributed by atoms with E-state index in [2.05, 4.69) is 20.6 Å². The van der Waals surface area contributed by atoms with Gasteiger partial charge in [-0.05, 0) is 6.42 Å². The van der Waals surface area contributed by atoms with Crippen molar-refractivity contribution in [3.8, 4) is 0 Å². The first-order valence-corrected chi connectivity index (χ1v) is 6.36. The molecule has 1 aliphatic heterocycles. The number of nitrogens with zero attached hydrogens (tertiary/aromatic N) is 3. The highest BCUT2D eigenvalue weighted by Gasteiger charge is 2.15. The van der Waals surface area contributed by atoms with Crippen molar-refractivity contribution in [2.75, 3.05) is 33.4 Å². The molecule has 18 heavy (non-hydrogen) atoms. The number of hydrogen-bond donors (Lipinski definition) is 2. The molecule has 2 heterocycles. The molecule has 1 unspecified atom stereocenters. The van der Waals surface area contributed by atoms with Crippen LogP contribution in [0, 0.1) is 5.92 Å². The first-order valence-electron chi connectivity index (χ1n) is 6.36. The first-order chi connectivity index (χ1) is 8.88. The highest BCUT2D eigenvalue weighted by Crippen LogP contribution is 2.10. The summed E-state index contributed by atoms with van der Waals surface area (Å²) in [6, 6.07) is 0. The van der Waals surface area contributed by atoms with Crippen LogP contribution in [-0.4, -0.2) is 48.9 Å². The van der Waals surface area contributed by atoms with Crippen molar-refractivity contribution in [1.82, 2.24) is 20.2 Å². The minimum Gasteiger partial charge on any atom is -0.381 e. The molecule has 1 aromatic heterocycles. The largest absolute Gasteiger partial charge is 0.381 e. The Morgan fingerprint density at radius 2 is 2.50 bits per heavy atom. The summed E-state index contributed by atoms with van der Waals surface area (Å²) >= 11 is 0. The summed E-state index contributed by atoms with van der Waals surface area (Å²) in [5, 5.41) is 6.61. The minimum absolute atomic E-state index is 0.609. The number of hydrogen-bond acceptors (Lipinski definition) is 3. The molecule has 1 aromatic rings. The Hall–Kier alpha value is -1.56. The number of guanidine groups is 1. The van der Waals surface area contributed by atoms with Gasteiger partial charge in [-0.1, -0.05) is 0 Å². The number of aromatic nitrogens is 2. The summed E-state index contributed by atoms with van der Waals surface area (Å²) in [5.41, 5.74) is 0. The smallest absolute Gasteiger partial charge is 0.191 e. The molecular formula is C12H21N5O. The third-order valence-corrected chi connectivity index (χ3v) is 3.03. The van der Waals surface area contributed by atoms with Crippen LogP contribution in [0.5, 0.6) is 0 Å². The Balaban J connectivity index is 1.62. The lowest BCUT2D eigenvalue weighted by atomic mass is 10.1. The Morgan fingerprint density at radius 3 is 3.17 bits per heavy atom. The SMILES string of the molecule is CN=C(NCCn1ccnc1)NCC1CCOC1. The third-order valence-electron chi connectivity index (χ3n) is 3.03. The van der Waals surface area contributed by atoms with Gasteiger partial charge < -0.3 is 19.9 Å². The van der Waals surface area contributed by atoms with Gasteiger partial charge in [-0.3, -0.25) is 4.99 Å². The average molecular weight is 251 g/mol. The van der Waals surface area contributed by atoms with Crippen molar-refractivity contribution < 1.29 is 4.74 Å². The molecule has 2 rings (SSSR count). The molecule has 1 atom stereocenters. The quantitative estimate of drug-likeness (QED) is 0.575. The second-order valence-electron chi connectivity index (χ2n) is 4.41. The standard InChI is InChI=1S/C12H21N5O/c1-13-12(16-8-11-2-7-18-9-11)15-4-6-17-5-3-14-10-17/h3,5,10-11H,2,4,6-9H2,1H3,(H2,13,15,16). The first kappa shape index (κ1) is 12.9. The van der Waals surface area contributed by atoms with Crippen LogP contribution in [0.1, 0.15) is 6.42 Å². The second kappa shape index (κ2) is 7.00. The zero-order valence-electron chi connectivity index (χ0n) is 10.8. The fraction of sp³-hybridized carbons (Fsp3) is 0.667. The lowest BCUT2D eigenvalue weighted by molar-refractivity contribution is 0.186. The van der Waals surface area contributed by atoms with Gasteiger partial charge in [-0.25, -0.2) is 4.98 Å². The number of aliphatic imine (C=N–C) groups is 1. The second-order valence-corrected chi connectivity index (χ2v) is 4.41. The summed E-state index contributed by atoms with van der Waals surface area (Å²) < 4.78 is 7.38. The van der Waals surface area contributed by atoms with Crippen LogP contribution >= 0.6 is 0 Å². The number of ether oxygens (including phenoxy) is 1. The van der Waals surface area contributed by atoms with E-state index in [0.717, 1.165) is 45.2 Å². The summed E-state index contributed by atoms with van der Waals surface area (Å²) in [6.07, 6.45) is 6.69. The Labute approximate surface area is 107 Å². The lowest BCUT2D eigenvalue weighted by Gasteiger charge is -2.14. The predicted octanol–water partition coefficient (Wildman–Crippen LogP) is 0.0846. The predicted molar refractivity (Wildman–Crippen MR) is 70.5 cm³/mol. The van der Waals surface area contributed by atoms with Crippen LogP contribution in [0.2, 0.25) is 0 Å². The van der Waals surface area contributed by atoms with E-state index in [-0.39, 0.29) is 0 Å². The maximum absolute atomic E-state index is 5.34. The maximum Gasteiger partial charge on any atom is 0.191 e. The minimum atomic E-state index is 0.609. The average Bonchev–Trinajstić information content (AvgIpc) is 3.06. The van der Waals surface area contributed by atoms with Gasteiger partial charge >= 0.3 is 0 Å². The highest BCUT2D eigenvalue weighted by molar-refractivity contribution is 5.79. The van der Waals surface area contributed by atoms with E-state index in [1.54, 1.807) is 13.2 Å². The molecule has 1 aliphatic rings. The Bertz CT molecular complexity index is 357. The maximum atomic E-state index is 5.34. The van der Waals surface area contributed by atoms with Crippen LogP contribution in [0.3, 0.4) is 0 Å². The molecule has 1 saturated heterocycles. The molecule has 0 amide bonds. The highest BCUT2D eigenvalue weighted by atomic mass is 16.5. The van der Waals surface area contributed by atoms with Gasteiger partial charge in [0.25, 0.3) is 0 Å². The summed E-state index contributed by atoms with van der Waals surface area (Å²) in [4.78, 5) is 8.20. The fourth-order valence-corrected chi connectivity index (χ4v) is 1.93. The van der Waals surface area contributed by atoms with E-state index >= 15 is 0 Å². The molecule has 0 aromatic carbocycles. The van der Waals surface area contributed by atoms with Crippen molar-refractivity contribution in [2.45, 2.75) is 13.0 Å². The van der Waals surface area contributed by atoms with E-state index < -0.39 is 0 Å². The van der Waals surface area contributed by atoms with Crippen molar-refractivity contribution >= 4 is 5.96 Å². The van der Waals surface area contributed by atoms with E-state index in [4.69, 9.17) is 4.74 Å². The number of nitrogens with one attached hydrogen (secondary N) is 2. The van der Waals surface area contributed by atoms with Crippen molar-refractivity contribution in [1.29, 1.82) is 0 Å². The molecule has 0 bridgehead atoms. The van der Waals surface area contributed by atoms with Gasteiger partial charge in [-0.2, -0.15) is 0 Å². The molecule has 0 radical (unpaired) electrons. The molecular weight excluding hydrogens is 230 g/mol. The fourth-order valence-electron chi connectivity index (χ4n) is 1.93. The topological polar surface area (TPSA) is 63.5 Å². The van der Waals surface area contributed by atoms with Crippen LogP contribution < -0.4 is 10.6 Å². The lowest BCUT2D eigenvalue weighted by Crippen LogP contribution is -2.41. The molecule has 6 heteroatoms. The van der Waals surface area contributed by atoms with Gasteiger partial charge in [-0.15, -0.1) is 0 Å². The molecule has 0 saturated carbocycles. The van der Waals surface area contributed by atoms with E-state index in [1.165, 1.54) is 0 Å². The van der Waals surface area contributed by atoms with E-state index in [9.17, 15) is 0 Å². The van der Waals surface area contributed by atoms with Gasteiger partial charge in [0.1, 0.15) is 0 Å². The molecule has 0 aliphatic carbocycles. The molecule has 0 spiro atoms. The Kier molecular flexibility index (Phi) is 5.01. The molecule has 6 nitrogen and oxygen atoms in total. The van der Waals surface area contributed by atoms with Crippen molar-refractivity contribution in [3.05, 3.63) is 18.7 Å². The van der Waals surface area contributed by atoms with Gasteiger partial charge in [0, 0.05) is 51.6 Å². The van der Waals surface area contributed by atoms with Crippen LogP contribution in [0.15, 0.2) is 23.7 Å². The van der Waals surface area contributed by atoms with Crippen LogP contribution in [-0.2, 0) is 11.3 Å². The normalized spacial score (nSPS) is 20.1. The van der Waals surface area contributed by atoms with Crippen molar-refractivity contribution in [2.24, 2.45) is 10.9 Å². The molecule has 2 N–H and O–H groups in total. The zero-order valence-corrected chi connectivity index (χ0v) is 10.8. The van der Waals surface area contributed by atoms with E-state index in [0.29, 0.717) is 5.92 Å². The summed E-state index contributed by atoms with van der Waals surface area (Å²) in [7, 11) is 1.79. The third kappa shape index (κ3) is 4.03. The molecule has 1 fully saturated rings. The van der Waals surface area contributed by atoms with Gasteiger partial charge in [0.05, 0.1) is 12.9 Å².